The summed E-state index contributed by atoms with van der Waals surface area (Å²) in [6, 6.07) is 0. The van der Waals surface area contributed by atoms with Crippen molar-refractivity contribution < 1.29 is 25.2 Å². The van der Waals surface area contributed by atoms with Crippen LogP contribution >= 0.6 is 0 Å². The number of carboxylic acids is 1. The van der Waals surface area contributed by atoms with Gasteiger partial charge in [-0.05, 0) is 69.6 Å². The molecular weight excluding hydrogens is 320 g/mol. The van der Waals surface area contributed by atoms with Gasteiger partial charge in [0.2, 0.25) is 0 Å². The van der Waals surface area contributed by atoms with Crippen LogP contribution in [0.15, 0.2) is 12.2 Å². The van der Waals surface area contributed by atoms with Crippen molar-refractivity contribution in [2.45, 2.75) is 77.4 Å². The minimum atomic E-state index is -1.36. The number of aliphatic hydroxyl groups is 3. The number of carbonyl (C=O) groups is 1. The number of carboxylic acid groups (broad SMARTS) is 1. The van der Waals surface area contributed by atoms with Gasteiger partial charge < -0.3 is 20.4 Å². The summed E-state index contributed by atoms with van der Waals surface area (Å²) in [6.07, 6.45) is 4.05. The first kappa shape index (κ1) is 20.4. The fourth-order valence-corrected chi connectivity index (χ4v) is 5.54. The van der Waals surface area contributed by atoms with Crippen LogP contribution in [-0.4, -0.2) is 44.7 Å². The van der Waals surface area contributed by atoms with Gasteiger partial charge >= 0.3 is 5.97 Å². The molecule has 5 heteroatoms. The van der Waals surface area contributed by atoms with Crippen LogP contribution in [0.25, 0.3) is 0 Å². The third-order valence-electron chi connectivity index (χ3n) is 7.34. The summed E-state index contributed by atoms with van der Waals surface area (Å²) < 4.78 is 0. The average Bonchev–Trinajstić information content (AvgIpc) is 2.52. The lowest BCUT2D eigenvalue weighted by Crippen LogP contribution is -2.53. The molecule has 25 heavy (non-hydrogen) atoms. The SMILES string of the molecule is C=C1CCC2C(C)(C(=O)O)CCCC2(C)C1CCC(C)(O)C(O)CO. The molecule has 2 rings (SSSR count). The second-order valence-electron chi connectivity index (χ2n) is 8.98. The Kier molecular flexibility index (Phi) is 5.72. The van der Waals surface area contributed by atoms with E-state index in [2.05, 4.69) is 13.5 Å². The van der Waals surface area contributed by atoms with E-state index in [4.69, 9.17) is 5.11 Å². The Balaban J connectivity index is 2.25. The fraction of sp³-hybridized carbons (Fsp3) is 0.850. The molecule has 2 aliphatic rings. The zero-order valence-corrected chi connectivity index (χ0v) is 15.8. The monoisotopic (exact) mass is 354 g/mol. The van der Waals surface area contributed by atoms with Crippen LogP contribution < -0.4 is 0 Å². The number of aliphatic carboxylic acids is 1. The van der Waals surface area contributed by atoms with E-state index >= 15 is 0 Å². The minimum absolute atomic E-state index is 0.0921. The lowest BCUT2D eigenvalue weighted by molar-refractivity contribution is -0.165. The summed E-state index contributed by atoms with van der Waals surface area (Å²) in [5.74, 6) is -0.491. The predicted molar refractivity (Wildman–Crippen MR) is 96.0 cm³/mol. The van der Waals surface area contributed by atoms with Crippen LogP contribution in [0.5, 0.6) is 0 Å². The van der Waals surface area contributed by atoms with Gasteiger partial charge in [0, 0.05) is 0 Å². The molecule has 0 aromatic heterocycles. The van der Waals surface area contributed by atoms with Gasteiger partial charge in [0.05, 0.1) is 17.6 Å². The molecule has 0 aromatic carbocycles. The van der Waals surface area contributed by atoms with E-state index in [1.54, 1.807) is 6.92 Å². The van der Waals surface area contributed by atoms with Gasteiger partial charge in [0.15, 0.2) is 0 Å². The molecule has 0 bridgehead atoms. The summed E-state index contributed by atoms with van der Waals surface area (Å²) in [7, 11) is 0. The van der Waals surface area contributed by atoms with Gasteiger partial charge in [-0.3, -0.25) is 4.79 Å². The van der Waals surface area contributed by atoms with E-state index in [0.29, 0.717) is 19.3 Å². The lowest BCUT2D eigenvalue weighted by Gasteiger charge is -2.57. The third-order valence-corrected chi connectivity index (χ3v) is 7.34. The number of allylic oxidation sites excluding steroid dienone is 1. The molecule has 6 unspecified atom stereocenters. The Morgan fingerprint density at radius 2 is 2.04 bits per heavy atom. The van der Waals surface area contributed by atoms with E-state index in [1.807, 2.05) is 6.92 Å². The number of hydrogen-bond donors (Lipinski definition) is 4. The van der Waals surface area contributed by atoms with E-state index in [1.165, 1.54) is 0 Å². The van der Waals surface area contributed by atoms with E-state index in [9.17, 15) is 20.1 Å². The van der Waals surface area contributed by atoms with E-state index in [0.717, 1.165) is 31.3 Å². The maximum absolute atomic E-state index is 12.0. The Morgan fingerprint density at radius 1 is 1.40 bits per heavy atom. The first-order chi connectivity index (χ1) is 11.5. The molecule has 2 aliphatic carbocycles. The highest BCUT2D eigenvalue weighted by Gasteiger charge is 2.57. The molecule has 0 aromatic rings. The summed E-state index contributed by atoms with van der Waals surface area (Å²) in [5.41, 5.74) is -1.09. The van der Waals surface area contributed by atoms with Crippen LogP contribution in [0.4, 0.5) is 0 Å². The van der Waals surface area contributed by atoms with Crippen LogP contribution in [0.3, 0.4) is 0 Å². The molecule has 2 saturated carbocycles. The van der Waals surface area contributed by atoms with E-state index < -0.39 is 29.7 Å². The maximum atomic E-state index is 12.0. The number of hydrogen-bond acceptors (Lipinski definition) is 4. The van der Waals surface area contributed by atoms with Crippen molar-refractivity contribution in [1.82, 2.24) is 0 Å². The molecule has 0 spiro atoms. The van der Waals surface area contributed by atoms with Gasteiger partial charge in [0.25, 0.3) is 0 Å². The molecule has 4 N–H and O–H groups in total. The topological polar surface area (TPSA) is 98.0 Å². The first-order valence-corrected chi connectivity index (χ1v) is 9.41. The Morgan fingerprint density at radius 3 is 2.60 bits per heavy atom. The molecule has 6 atom stereocenters. The zero-order valence-electron chi connectivity index (χ0n) is 15.8. The molecule has 0 saturated heterocycles. The molecule has 2 fully saturated rings. The van der Waals surface area contributed by atoms with Crippen molar-refractivity contribution in [3.8, 4) is 0 Å². The number of rotatable bonds is 6. The quantitative estimate of drug-likeness (QED) is 0.550. The highest BCUT2D eigenvalue weighted by Crippen LogP contribution is 2.62. The van der Waals surface area contributed by atoms with Crippen molar-refractivity contribution in [3.63, 3.8) is 0 Å². The van der Waals surface area contributed by atoms with Gasteiger partial charge in [-0.1, -0.05) is 25.5 Å². The predicted octanol–water partition coefficient (Wildman–Crippen LogP) is 2.73. The Labute approximate surface area is 150 Å². The fourth-order valence-electron chi connectivity index (χ4n) is 5.54. The summed E-state index contributed by atoms with van der Waals surface area (Å²) in [6.45, 7) is 9.38. The summed E-state index contributed by atoms with van der Waals surface area (Å²) in [5, 5.41) is 39.2. The Bertz CT molecular complexity index is 528. The van der Waals surface area contributed by atoms with Crippen LogP contribution in [-0.2, 0) is 4.79 Å². The molecular formula is C20H34O5. The van der Waals surface area contributed by atoms with Crippen LogP contribution in [0, 0.1) is 22.7 Å². The van der Waals surface area contributed by atoms with Gasteiger partial charge in [-0.15, -0.1) is 0 Å². The lowest BCUT2D eigenvalue weighted by atomic mass is 9.46. The van der Waals surface area contributed by atoms with Gasteiger partial charge in [-0.25, -0.2) is 0 Å². The Hall–Kier alpha value is -0.910. The molecule has 5 nitrogen and oxygen atoms in total. The van der Waals surface area contributed by atoms with Crippen molar-refractivity contribution in [2.75, 3.05) is 6.61 Å². The minimum Gasteiger partial charge on any atom is -0.481 e. The second kappa shape index (κ2) is 7.01. The number of fused-ring (bicyclic) bond motifs is 1. The highest BCUT2D eigenvalue weighted by atomic mass is 16.4. The second-order valence-corrected chi connectivity index (χ2v) is 8.98. The smallest absolute Gasteiger partial charge is 0.309 e. The first-order valence-electron chi connectivity index (χ1n) is 9.41. The zero-order chi connectivity index (χ0) is 19.0. The van der Waals surface area contributed by atoms with Gasteiger partial charge in [0.1, 0.15) is 6.10 Å². The maximum Gasteiger partial charge on any atom is 0.309 e. The van der Waals surface area contributed by atoms with Crippen molar-refractivity contribution >= 4 is 5.97 Å². The third kappa shape index (κ3) is 3.51. The molecule has 144 valence electrons. The number of aliphatic hydroxyl groups excluding tert-OH is 2. The molecule has 0 radical (unpaired) electrons. The largest absolute Gasteiger partial charge is 0.481 e. The van der Waals surface area contributed by atoms with E-state index in [-0.39, 0.29) is 17.3 Å². The van der Waals surface area contributed by atoms with Crippen molar-refractivity contribution in [1.29, 1.82) is 0 Å². The van der Waals surface area contributed by atoms with Crippen LogP contribution in [0.2, 0.25) is 0 Å². The molecule has 0 amide bonds. The average molecular weight is 354 g/mol. The normalized spacial score (nSPS) is 39.4. The van der Waals surface area contributed by atoms with Crippen molar-refractivity contribution in [2.24, 2.45) is 22.7 Å². The van der Waals surface area contributed by atoms with Gasteiger partial charge in [-0.2, -0.15) is 0 Å². The van der Waals surface area contributed by atoms with Crippen LogP contribution in [0.1, 0.15) is 65.7 Å². The molecule has 0 heterocycles. The van der Waals surface area contributed by atoms with Crippen molar-refractivity contribution in [3.05, 3.63) is 12.2 Å². The molecule has 0 aliphatic heterocycles. The summed E-state index contributed by atoms with van der Waals surface area (Å²) >= 11 is 0. The standard InChI is InChI=1S/C20H34O5/c1-13-6-7-15-18(2,9-5-10-19(15,3)17(23)24)14(13)8-11-20(4,25)16(22)12-21/h14-16,21-22,25H,1,5-12H2,2-4H3,(H,23,24). The highest BCUT2D eigenvalue weighted by molar-refractivity contribution is 5.75. The summed E-state index contributed by atoms with van der Waals surface area (Å²) in [4.78, 5) is 12.0.